The van der Waals surface area contributed by atoms with Crippen LogP contribution in [0.4, 0.5) is 0 Å². The van der Waals surface area contributed by atoms with Crippen molar-refractivity contribution < 1.29 is 71.6 Å². The molecule has 0 heterocycles. The monoisotopic (exact) mass is 268 g/mol. The molecule has 4 nitrogen and oxygen atoms in total. The Labute approximate surface area is 80.8 Å². The predicted octanol–water partition coefficient (Wildman–Crippen LogP) is -4.33. The number of rotatable bonds is 0. The van der Waals surface area contributed by atoms with Gasteiger partial charge in [-0.3, -0.25) is 8.42 Å². The smallest absolute Gasteiger partial charge is 1.00 e. The Bertz CT molecular complexity index is 94.9. The van der Waals surface area contributed by atoms with E-state index < -0.39 is 10.4 Å². The zero-order valence-electron chi connectivity index (χ0n) is 2.80. The van der Waals surface area contributed by atoms with Crippen LogP contribution in [0.25, 0.3) is 0 Å². The third-order valence-corrected chi connectivity index (χ3v) is 0. The molecular formula is EuFO4S. The number of hydrogen-bond donors (Lipinski definition) is 0. The molecule has 0 aliphatic rings. The van der Waals surface area contributed by atoms with E-state index >= 15 is 0 Å². The molecule has 0 amide bonds. The molecule has 0 aliphatic heterocycles. The van der Waals surface area contributed by atoms with Gasteiger partial charge in [-0.05, 0) is 0 Å². The molecule has 0 atom stereocenters. The molecule has 0 rings (SSSR count). The largest absolute Gasteiger partial charge is 3.00 e. The second-order valence-electron chi connectivity index (χ2n) is 0.408. The minimum atomic E-state index is -5.17. The molecular weight excluding hydrogens is 267 g/mol. The van der Waals surface area contributed by atoms with Gasteiger partial charge in [-0.2, -0.15) is 0 Å². The normalized spacial score (nSPS) is 8.29. The van der Waals surface area contributed by atoms with Crippen LogP contribution in [0.3, 0.4) is 0 Å². The molecule has 0 fully saturated rings. The summed E-state index contributed by atoms with van der Waals surface area (Å²) in [6.07, 6.45) is 0. The molecule has 0 aromatic carbocycles. The molecule has 0 unspecified atom stereocenters. The average molecular weight is 267 g/mol. The SMILES string of the molecule is O=S(=O)([O-])[O-].[Eu+3].[F-]. The van der Waals surface area contributed by atoms with Gasteiger partial charge < -0.3 is 13.8 Å². The van der Waals surface area contributed by atoms with E-state index in [-0.39, 0.29) is 54.1 Å². The molecule has 0 saturated carbocycles. The van der Waals surface area contributed by atoms with Gasteiger partial charge in [0.1, 0.15) is 0 Å². The fourth-order valence-electron chi connectivity index (χ4n) is 0. The van der Waals surface area contributed by atoms with E-state index in [4.69, 9.17) is 17.5 Å². The molecule has 0 saturated heterocycles. The van der Waals surface area contributed by atoms with E-state index in [9.17, 15) is 0 Å². The summed E-state index contributed by atoms with van der Waals surface area (Å²) in [5, 5.41) is 0. The number of hydrogen-bond acceptors (Lipinski definition) is 4. The van der Waals surface area contributed by atoms with Crippen LogP contribution in [-0.2, 0) is 10.4 Å². The van der Waals surface area contributed by atoms with Crippen LogP contribution in [0.2, 0.25) is 0 Å². The van der Waals surface area contributed by atoms with Crippen LogP contribution in [0, 0.1) is 49.4 Å². The first-order valence-electron chi connectivity index (χ1n) is 0.667. The summed E-state index contributed by atoms with van der Waals surface area (Å²) in [5.74, 6) is 0. The summed E-state index contributed by atoms with van der Waals surface area (Å²) in [6, 6.07) is 0. The predicted molar refractivity (Wildman–Crippen MR) is 10.5 cm³/mol. The molecule has 0 aliphatic carbocycles. The Morgan fingerprint density at radius 1 is 1.14 bits per heavy atom. The molecule has 44 valence electrons. The van der Waals surface area contributed by atoms with Gasteiger partial charge in [0.05, 0.1) is 0 Å². The van der Waals surface area contributed by atoms with E-state index in [0.717, 1.165) is 0 Å². The maximum atomic E-state index is 8.52. The second kappa shape index (κ2) is 5.52. The Morgan fingerprint density at radius 2 is 1.14 bits per heavy atom. The molecule has 0 N–H and O–H groups in total. The van der Waals surface area contributed by atoms with Crippen molar-refractivity contribution in [2.24, 2.45) is 0 Å². The first-order valence-corrected chi connectivity index (χ1v) is 2.00. The van der Waals surface area contributed by atoms with Crippen molar-refractivity contribution in [3.8, 4) is 0 Å². The van der Waals surface area contributed by atoms with Crippen LogP contribution in [0.15, 0.2) is 0 Å². The zero-order chi connectivity index (χ0) is 4.50. The Morgan fingerprint density at radius 3 is 1.14 bits per heavy atom. The second-order valence-corrected chi connectivity index (χ2v) is 1.22. The van der Waals surface area contributed by atoms with E-state index in [1.165, 1.54) is 0 Å². The third-order valence-electron chi connectivity index (χ3n) is 0. The maximum absolute atomic E-state index is 8.52. The van der Waals surface area contributed by atoms with E-state index in [0.29, 0.717) is 0 Å². The molecule has 7 heteroatoms. The van der Waals surface area contributed by atoms with Crippen molar-refractivity contribution in [3.63, 3.8) is 0 Å². The van der Waals surface area contributed by atoms with Gasteiger partial charge in [-0.25, -0.2) is 0 Å². The Kier molecular flexibility index (Phi) is 12.4. The molecule has 0 aromatic rings. The van der Waals surface area contributed by atoms with Gasteiger partial charge in [0.15, 0.2) is 0 Å². The van der Waals surface area contributed by atoms with Crippen molar-refractivity contribution >= 4 is 10.4 Å². The van der Waals surface area contributed by atoms with Crippen molar-refractivity contribution in [3.05, 3.63) is 0 Å². The van der Waals surface area contributed by atoms with Crippen molar-refractivity contribution in [2.45, 2.75) is 0 Å². The Balaban J connectivity index is -0.0000000800. The fourth-order valence-corrected chi connectivity index (χ4v) is 0. The summed E-state index contributed by atoms with van der Waals surface area (Å²) in [5.41, 5.74) is 0. The maximum Gasteiger partial charge on any atom is 3.00 e. The van der Waals surface area contributed by atoms with E-state index in [2.05, 4.69) is 0 Å². The zero-order valence-corrected chi connectivity index (χ0v) is 6.04. The van der Waals surface area contributed by atoms with Crippen LogP contribution in [0.5, 0.6) is 0 Å². The van der Waals surface area contributed by atoms with Crippen molar-refractivity contribution in [1.29, 1.82) is 0 Å². The Hall–Kier alpha value is 1.38. The first-order chi connectivity index (χ1) is 2.00. The summed E-state index contributed by atoms with van der Waals surface area (Å²) in [7, 11) is -5.17. The first kappa shape index (κ1) is 15.8. The van der Waals surface area contributed by atoms with Crippen LogP contribution in [0.1, 0.15) is 0 Å². The number of halogens is 1. The van der Waals surface area contributed by atoms with Crippen molar-refractivity contribution in [2.75, 3.05) is 0 Å². The molecule has 0 radical (unpaired) electrons. The molecule has 0 spiro atoms. The van der Waals surface area contributed by atoms with Gasteiger partial charge in [-0.15, -0.1) is 0 Å². The van der Waals surface area contributed by atoms with Gasteiger partial charge in [0.25, 0.3) is 0 Å². The van der Waals surface area contributed by atoms with E-state index in [1.54, 1.807) is 0 Å². The molecule has 0 bridgehead atoms. The quantitative estimate of drug-likeness (QED) is 0.328. The minimum Gasteiger partial charge on any atom is -1.00 e. The summed E-state index contributed by atoms with van der Waals surface area (Å²) in [6.45, 7) is 0. The standard InChI is InChI=1S/Eu.FH.H2O4S/c;;1-5(2,3)4/h;1H;(H2,1,2,3,4)/q+3;;/p-3. The van der Waals surface area contributed by atoms with Crippen LogP contribution < -0.4 is 4.70 Å². The van der Waals surface area contributed by atoms with Gasteiger partial charge >= 0.3 is 49.4 Å². The van der Waals surface area contributed by atoms with Crippen LogP contribution >= 0.6 is 0 Å². The topological polar surface area (TPSA) is 80.3 Å². The van der Waals surface area contributed by atoms with Crippen LogP contribution in [-0.4, -0.2) is 17.5 Å². The summed E-state index contributed by atoms with van der Waals surface area (Å²) < 4.78 is 34.1. The fraction of sp³-hybridized carbons (Fsp3) is 0. The summed E-state index contributed by atoms with van der Waals surface area (Å²) >= 11 is 0. The van der Waals surface area contributed by atoms with Gasteiger partial charge in [0.2, 0.25) is 0 Å². The van der Waals surface area contributed by atoms with Gasteiger partial charge in [-0.1, -0.05) is 0 Å². The van der Waals surface area contributed by atoms with Crippen molar-refractivity contribution in [1.82, 2.24) is 0 Å². The average Bonchev–Trinajstić information content (AvgIpc) is 0.722. The molecule has 0 aromatic heterocycles. The van der Waals surface area contributed by atoms with E-state index in [1.807, 2.05) is 0 Å². The minimum absolute atomic E-state index is 0. The van der Waals surface area contributed by atoms with Gasteiger partial charge in [0, 0.05) is 10.4 Å². The summed E-state index contributed by atoms with van der Waals surface area (Å²) in [4.78, 5) is 0. The molecule has 7 heavy (non-hydrogen) atoms. The third kappa shape index (κ3) is 112.